The van der Waals surface area contributed by atoms with Crippen LogP contribution >= 0.6 is 0 Å². The van der Waals surface area contributed by atoms with Crippen LogP contribution < -0.4 is 11.0 Å². The first-order valence-electron chi connectivity index (χ1n) is 7.10. The molecule has 0 atom stereocenters. The molecule has 0 aliphatic rings. The van der Waals surface area contributed by atoms with E-state index in [9.17, 15) is 27.2 Å². The second-order valence-corrected chi connectivity index (χ2v) is 5.35. The molecule has 130 valence electrons. The molecule has 0 radical (unpaired) electrons. The number of benzene rings is 2. The van der Waals surface area contributed by atoms with Crippen molar-refractivity contribution in [3.05, 3.63) is 63.8 Å². The zero-order chi connectivity index (χ0) is 18.2. The zero-order valence-electron chi connectivity index (χ0n) is 12.5. The van der Waals surface area contributed by atoms with E-state index >= 15 is 0 Å². The quantitative estimate of drug-likeness (QED) is 0.633. The fourth-order valence-electron chi connectivity index (χ4n) is 2.42. The van der Waals surface area contributed by atoms with Gasteiger partial charge in [0.05, 0.1) is 28.7 Å². The van der Waals surface area contributed by atoms with Crippen LogP contribution in [-0.4, -0.2) is 15.9 Å². The first-order chi connectivity index (χ1) is 11.7. The molecule has 0 spiro atoms. The van der Waals surface area contributed by atoms with Crippen molar-refractivity contribution in [3.63, 3.8) is 0 Å². The molecule has 2 aromatic carbocycles. The number of anilines is 1. The summed E-state index contributed by atoms with van der Waals surface area (Å²) in [4.78, 5) is 28.3. The fraction of sp³-hybridized carbons (Fsp3) is 0.125. The van der Waals surface area contributed by atoms with Gasteiger partial charge in [0.25, 0.3) is 0 Å². The lowest BCUT2D eigenvalue weighted by Gasteiger charge is -2.12. The number of alkyl halides is 3. The number of aromatic amines is 2. The summed E-state index contributed by atoms with van der Waals surface area (Å²) in [6, 6.07) is 7.37. The number of imidazole rings is 1. The number of carbonyl (C=O) groups is 1. The summed E-state index contributed by atoms with van der Waals surface area (Å²) >= 11 is 0. The van der Waals surface area contributed by atoms with E-state index in [1.807, 2.05) is 0 Å². The van der Waals surface area contributed by atoms with Crippen LogP contribution in [0.4, 0.5) is 23.2 Å². The molecule has 0 saturated carbocycles. The maximum absolute atomic E-state index is 13.9. The van der Waals surface area contributed by atoms with Crippen molar-refractivity contribution in [1.82, 2.24) is 9.97 Å². The molecule has 0 fully saturated rings. The molecule has 0 bridgehead atoms. The largest absolute Gasteiger partial charge is 0.419 e. The van der Waals surface area contributed by atoms with E-state index in [4.69, 9.17) is 0 Å². The van der Waals surface area contributed by atoms with Gasteiger partial charge in [0, 0.05) is 0 Å². The third-order valence-corrected chi connectivity index (χ3v) is 3.52. The Bertz CT molecular complexity index is 1000. The monoisotopic (exact) mass is 353 g/mol. The number of rotatable bonds is 3. The number of nitrogens with one attached hydrogen (secondary N) is 3. The van der Waals surface area contributed by atoms with Crippen molar-refractivity contribution in [2.75, 3.05) is 5.32 Å². The molecule has 0 unspecified atom stereocenters. The van der Waals surface area contributed by atoms with Crippen molar-refractivity contribution >= 4 is 22.6 Å². The van der Waals surface area contributed by atoms with E-state index in [2.05, 4.69) is 15.3 Å². The maximum Gasteiger partial charge on any atom is 0.419 e. The lowest BCUT2D eigenvalue weighted by atomic mass is 10.1. The Morgan fingerprint density at radius 1 is 1.08 bits per heavy atom. The lowest BCUT2D eigenvalue weighted by molar-refractivity contribution is -0.140. The number of H-pyrrole nitrogens is 2. The topological polar surface area (TPSA) is 77.8 Å². The third-order valence-electron chi connectivity index (χ3n) is 3.52. The average molecular weight is 353 g/mol. The summed E-state index contributed by atoms with van der Waals surface area (Å²) in [7, 11) is 0. The molecular weight excluding hydrogens is 342 g/mol. The Morgan fingerprint density at radius 2 is 1.80 bits per heavy atom. The average Bonchev–Trinajstić information content (AvgIpc) is 2.87. The van der Waals surface area contributed by atoms with Gasteiger partial charge in [-0.3, -0.25) is 4.79 Å². The van der Waals surface area contributed by atoms with Crippen LogP contribution in [0.25, 0.3) is 11.0 Å². The summed E-state index contributed by atoms with van der Waals surface area (Å²) < 4.78 is 51.9. The van der Waals surface area contributed by atoms with E-state index in [0.29, 0.717) is 22.7 Å². The van der Waals surface area contributed by atoms with E-state index in [0.717, 1.165) is 12.1 Å². The Kier molecular flexibility index (Phi) is 4.07. The molecule has 0 aliphatic carbocycles. The van der Waals surface area contributed by atoms with Gasteiger partial charge in [-0.25, -0.2) is 9.18 Å². The maximum atomic E-state index is 13.9. The molecule has 0 saturated heterocycles. The normalized spacial score (nSPS) is 11.7. The van der Waals surface area contributed by atoms with Crippen LogP contribution in [0.2, 0.25) is 0 Å². The summed E-state index contributed by atoms with van der Waals surface area (Å²) in [6.45, 7) is 0. The van der Waals surface area contributed by atoms with Gasteiger partial charge in [0.15, 0.2) is 5.82 Å². The van der Waals surface area contributed by atoms with Crippen LogP contribution in [0.1, 0.15) is 11.1 Å². The number of halogens is 4. The number of carbonyl (C=O) groups excluding carboxylic acids is 1. The van der Waals surface area contributed by atoms with Crippen LogP contribution in [-0.2, 0) is 17.4 Å². The van der Waals surface area contributed by atoms with E-state index in [1.165, 1.54) is 0 Å². The molecule has 9 heteroatoms. The van der Waals surface area contributed by atoms with Crippen LogP contribution in [0.3, 0.4) is 0 Å². The van der Waals surface area contributed by atoms with Gasteiger partial charge in [-0.1, -0.05) is 12.1 Å². The molecule has 3 rings (SSSR count). The number of hydrogen-bond acceptors (Lipinski definition) is 2. The smallest absolute Gasteiger partial charge is 0.323 e. The molecule has 1 heterocycles. The SMILES string of the molecule is O=C(Cc1ccc2[nH]c(=O)[nH]c2c1)Nc1cccc(C(F)(F)F)c1F. The Labute approximate surface area is 137 Å². The minimum absolute atomic E-state index is 0.196. The highest BCUT2D eigenvalue weighted by molar-refractivity contribution is 5.93. The second-order valence-electron chi connectivity index (χ2n) is 5.35. The molecule has 5 nitrogen and oxygen atoms in total. The number of fused-ring (bicyclic) bond motifs is 1. The molecule has 1 aromatic heterocycles. The van der Waals surface area contributed by atoms with Crippen molar-refractivity contribution in [3.8, 4) is 0 Å². The third kappa shape index (κ3) is 3.54. The van der Waals surface area contributed by atoms with Crippen molar-refractivity contribution in [2.45, 2.75) is 12.6 Å². The predicted octanol–water partition coefficient (Wildman–Crippen LogP) is 3.20. The summed E-state index contributed by atoms with van der Waals surface area (Å²) in [5.41, 5.74) is -0.846. The van der Waals surface area contributed by atoms with E-state index < -0.39 is 34.8 Å². The highest BCUT2D eigenvalue weighted by Crippen LogP contribution is 2.33. The lowest BCUT2D eigenvalue weighted by Crippen LogP contribution is -2.17. The van der Waals surface area contributed by atoms with E-state index in [1.54, 1.807) is 18.2 Å². The number of hydrogen-bond donors (Lipinski definition) is 3. The van der Waals surface area contributed by atoms with Crippen LogP contribution in [0.5, 0.6) is 0 Å². The summed E-state index contributed by atoms with van der Waals surface area (Å²) in [5, 5.41) is 2.13. The Balaban J connectivity index is 1.79. The Hall–Kier alpha value is -3.10. The molecular formula is C16H11F4N3O2. The van der Waals surface area contributed by atoms with E-state index in [-0.39, 0.29) is 6.42 Å². The molecule has 3 aromatic rings. The summed E-state index contributed by atoms with van der Waals surface area (Å²) in [6.07, 6.45) is -5.05. The predicted molar refractivity (Wildman–Crippen MR) is 82.7 cm³/mol. The van der Waals surface area contributed by atoms with Gasteiger partial charge in [-0.05, 0) is 29.8 Å². The van der Waals surface area contributed by atoms with Crippen molar-refractivity contribution in [1.29, 1.82) is 0 Å². The Morgan fingerprint density at radius 3 is 2.52 bits per heavy atom. The van der Waals surface area contributed by atoms with Gasteiger partial charge < -0.3 is 15.3 Å². The minimum atomic E-state index is -4.85. The van der Waals surface area contributed by atoms with Crippen LogP contribution in [0, 0.1) is 5.82 Å². The first-order valence-corrected chi connectivity index (χ1v) is 7.10. The van der Waals surface area contributed by atoms with Crippen LogP contribution in [0.15, 0.2) is 41.2 Å². The molecule has 0 aliphatic heterocycles. The van der Waals surface area contributed by atoms with Gasteiger partial charge >= 0.3 is 11.9 Å². The van der Waals surface area contributed by atoms with Crippen molar-refractivity contribution < 1.29 is 22.4 Å². The van der Waals surface area contributed by atoms with Gasteiger partial charge in [0.1, 0.15) is 0 Å². The molecule has 1 amide bonds. The molecule has 25 heavy (non-hydrogen) atoms. The second kappa shape index (κ2) is 6.08. The minimum Gasteiger partial charge on any atom is -0.323 e. The fourth-order valence-corrected chi connectivity index (χ4v) is 2.42. The van der Waals surface area contributed by atoms with Gasteiger partial charge in [0.2, 0.25) is 5.91 Å². The zero-order valence-corrected chi connectivity index (χ0v) is 12.5. The highest BCUT2D eigenvalue weighted by Gasteiger charge is 2.35. The number of aromatic nitrogens is 2. The summed E-state index contributed by atoms with van der Waals surface area (Å²) in [5.74, 6) is -2.22. The standard InChI is InChI=1S/C16H11F4N3O2/c17-14-9(16(18,19)20)2-1-3-11(14)21-13(24)7-8-4-5-10-12(6-8)23-15(25)22-10/h1-6H,7H2,(H,21,24)(H2,22,23,25). The molecule has 3 N–H and O–H groups in total. The van der Waals surface area contributed by atoms with Crippen molar-refractivity contribution in [2.24, 2.45) is 0 Å². The van der Waals surface area contributed by atoms with Gasteiger partial charge in [-0.2, -0.15) is 13.2 Å². The highest BCUT2D eigenvalue weighted by atomic mass is 19.4. The number of amides is 1. The van der Waals surface area contributed by atoms with Gasteiger partial charge in [-0.15, -0.1) is 0 Å². The first kappa shape index (κ1) is 16.7.